The van der Waals surface area contributed by atoms with Crippen LogP contribution in [0.4, 0.5) is 0 Å². The van der Waals surface area contributed by atoms with Crippen molar-refractivity contribution in [1.29, 1.82) is 0 Å². The Labute approximate surface area is 165 Å². The zero-order chi connectivity index (χ0) is 20.5. The van der Waals surface area contributed by atoms with Gasteiger partial charge in [-0.05, 0) is 50.1 Å². The van der Waals surface area contributed by atoms with Crippen LogP contribution in [0.3, 0.4) is 0 Å². The number of carbonyl (C=O) groups excluding carboxylic acids is 2. The summed E-state index contributed by atoms with van der Waals surface area (Å²) in [5, 5.41) is 2.82. The number of nitrogens with one attached hydrogen (secondary N) is 1. The van der Waals surface area contributed by atoms with Crippen molar-refractivity contribution in [3.8, 4) is 11.5 Å². The van der Waals surface area contributed by atoms with E-state index in [9.17, 15) is 9.59 Å². The first-order valence-corrected chi connectivity index (χ1v) is 9.22. The number of methoxy groups -OCH3 is 1. The van der Waals surface area contributed by atoms with Crippen LogP contribution in [0.1, 0.15) is 52.4 Å². The number of pyridine rings is 1. The highest BCUT2D eigenvalue weighted by molar-refractivity contribution is 5.95. The highest BCUT2D eigenvalue weighted by Crippen LogP contribution is 2.28. The van der Waals surface area contributed by atoms with Gasteiger partial charge in [0.25, 0.3) is 5.91 Å². The minimum atomic E-state index is -0.447. The minimum absolute atomic E-state index is 0.236. The normalized spacial score (nSPS) is 10.3. The lowest BCUT2D eigenvalue weighted by Crippen LogP contribution is -2.24. The number of hydrogen-bond donors (Lipinski definition) is 1. The van der Waals surface area contributed by atoms with Crippen LogP contribution in [0.15, 0.2) is 30.3 Å². The molecule has 0 spiro atoms. The number of aromatic nitrogens is 1. The SMILES string of the molecule is CCCOc1ccc(CNC(=O)c2ccc(C(=O)OCC)c(C)n2)cc1OC. The van der Waals surface area contributed by atoms with E-state index >= 15 is 0 Å². The van der Waals surface area contributed by atoms with Crippen LogP contribution in [0.25, 0.3) is 0 Å². The Bertz CT molecular complexity index is 836. The Morgan fingerprint density at radius 2 is 1.89 bits per heavy atom. The summed E-state index contributed by atoms with van der Waals surface area (Å²) in [5.41, 5.74) is 1.91. The molecule has 7 nitrogen and oxygen atoms in total. The quantitative estimate of drug-likeness (QED) is 0.666. The molecule has 7 heteroatoms. The second kappa shape index (κ2) is 10.3. The summed E-state index contributed by atoms with van der Waals surface area (Å²) in [7, 11) is 1.58. The molecule has 0 aliphatic rings. The van der Waals surface area contributed by atoms with Crippen molar-refractivity contribution < 1.29 is 23.8 Å². The van der Waals surface area contributed by atoms with E-state index in [2.05, 4.69) is 10.3 Å². The van der Waals surface area contributed by atoms with Gasteiger partial charge in [-0.2, -0.15) is 0 Å². The lowest BCUT2D eigenvalue weighted by Gasteiger charge is -2.12. The van der Waals surface area contributed by atoms with Crippen molar-refractivity contribution in [3.05, 3.63) is 52.8 Å². The molecule has 0 bridgehead atoms. The van der Waals surface area contributed by atoms with Gasteiger partial charge in [-0.1, -0.05) is 13.0 Å². The van der Waals surface area contributed by atoms with E-state index in [1.54, 1.807) is 27.0 Å². The van der Waals surface area contributed by atoms with Crippen LogP contribution in [-0.2, 0) is 11.3 Å². The Balaban J connectivity index is 2.03. The number of ether oxygens (including phenoxy) is 3. The zero-order valence-electron chi connectivity index (χ0n) is 16.7. The van der Waals surface area contributed by atoms with Crippen molar-refractivity contribution in [2.24, 2.45) is 0 Å². The zero-order valence-corrected chi connectivity index (χ0v) is 16.7. The van der Waals surface area contributed by atoms with Crippen molar-refractivity contribution >= 4 is 11.9 Å². The molecule has 1 aromatic carbocycles. The first-order chi connectivity index (χ1) is 13.5. The van der Waals surface area contributed by atoms with Gasteiger partial charge < -0.3 is 19.5 Å². The molecule has 0 radical (unpaired) electrons. The molecule has 0 atom stereocenters. The lowest BCUT2D eigenvalue weighted by molar-refractivity contribution is 0.0524. The van der Waals surface area contributed by atoms with Gasteiger partial charge in [0.05, 0.1) is 31.6 Å². The average Bonchev–Trinajstić information content (AvgIpc) is 2.70. The molecule has 1 aromatic heterocycles. The first-order valence-electron chi connectivity index (χ1n) is 9.22. The number of aryl methyl sites for hydroxylation is 1. The summed E-state index contributed by atoms with van der Waals surface area (Å²) in [6.45, 7) is 6.64. The van der Waals surface area contributed by atoms with Crippen molar-refractivity contribution in [3.63, 3.8) is 0 Å². The number of hydrogen-bond acceptors (Lipinski definition) is 6. The van der Waals surface area contributed by atoms with E-state index in [0.717, 1.165) is 12.0 Å². The van der Waals surface area contributed by atoms with E-state index < -0.39 is 5.97 Å². The van der Waals surface area contributed by atoms with Gasteiger partial charge >= 0.3 is 5.97 Å². The van der Waals surface area contributed by atoms with Crippen LogP contribution < -0.4 is 14.8 Å². The molecule has 0 saturated carbocycles. The smallest absolute Gasteiger partial charge is 0.339 e. The second-order valence-corrected chi connectivity index (χ2v) is 6.07. The summed E-state index contributed by atoms with van der Waals surface area (Å²) in [6.07, 6.45) is 0.905. The van der Waals surface area contributed by atoms with Gasteiger partial charge in [-0.25, -0.2) is 9.78 Å². The maximum absolute atomic E-state index is 12.4. The molecule has 150 valence electrons. The van der Waals surface area contributed by atoms with Crippen LogP contribution >= 0.6 is 0 Å². The van der Waals surface area contributed by atoms with Gasteiger partial charge in [0.15, 0.2) is 11.5 Å². The Morgan fingerprint density at radius 1 is 1.11 bits per heavy atom. The van der Waals surface area contributed by atoms with E-state index in [-0.39, 0.29) is 18.2 Å². The van der Waals surface area contributed by atoms with Crippen LogP contribution in [0.2, 0.25) is 0 Å². The molecule has 1 amide bonds. The highest BCUT2D eigenvalue weighted by atomic mass is 16.5. The first kappa shape index (κ1) is 21.2. The molecular formula is C21H26N2O5. The molecule has 2 rings (SSSR count). The van der Waals surface area contributed by atoms with Gasteiger partial charge in [-0.15, -0.1) is 0 Å². The third-order valence-electron chi connectivity index (χ3n) is 3.96. The number of rotatable bonds is 9. The monoisotopic (exact) mass is 386 g/mol. The van der Waals surface area contributed by atoms with Gasteiger partial charge in [-0.3, -0.25) is 4.79 Å². The fourth-order valence-electron chi connectivity index (χ4n) is 2.54. The lowest BCUT2D eigenvalue weighted by atomic mass is 10.1. The van der Waals surface area contributed by atoms with Crippen molar-refractivity contribution in [2.45, 2.75) is 33.7 Å². The Hall–Kier alpha value is -3.09. The molecule has 1 N–H and O–H groups in total. The minimum Gasteiger partial charge on any atom is -0.493 e. The Morgan fingerprint density at radius 3 is 2.54 bits per heavy atom. The van der Waals surface area contributed by atoms with E-state index in [1.807, 2.05) is 25.1 Å². The fourth-order valence-corrected chi connectivity index (χ4v) is 2.54. The summed E-state index contributed by atoms with van der Waals surface area (Å²) in [4.78, 5) is 28.4. The second-order valence-electron chi connectivity index (χ2n) is 6.07. The highest BCUT2D eigenvalue weighted by Gasteiger charge is 2.15. The van der Waals surface area contributed by atoms with Gasteiger partial charge in [0.2, 0.25) is 0 Å². The number of carbonyl (C=O) groups is 2. The van der Waals surface area contributed by atoms with Crippen LogP contribution in [0, 0.1) is 6.92 Å². The molecule has 0 unspecified atom stereocenters. The van der Waals surface area contributed by atoms with E-state index in [1.165, 1.54) is 6.07 Å². The molecule has 2 aromatic rings. The molecule has 0 aliphatic heterocycles. The van der Waals surface area contributed by atoms with Gasteiger partial charge in [0.1, 0.15) is 5.69 Å². The van der Waals surface area contributed by atoms with Crippen LogP contribution in [-0.4, -0.2) is 37.2 Å². The number of benzene rings is 1. The molecule has 0 aliphatic carbocycles. The van der Waals surface area contributed by atoms with E-state index in [4.69, 9.17) is 14.2 Å². The summed E-state index contributed by atoms with van der Waals surface area (Å²) < 4.78 is 15.9. The topological polar surface area (TPSA) is 86.8 Å². The number of amides is 1. The third kappa shape index (κ3) is 5.45. The van der Waals surface area contributed by atoms with Crippen molar-refractivity contribution in [2.75, 3.05) is 20.3 Å². The Kier molecular flexibility index (Phi) is 7.80. The third-order valence-corrected chi connectivity index (χ3v) is 3.96. The summed E-state index contributed by atoms with van der Waals surface area (Å²) in [6, 6.07) is 8.59. The standard InChI is InChI=1S/C21H26N2O5/c1-5-11-28-18-10-7-15(12-19(18)26-4)13-22-20(24)17-9-8-16(14(3)23-17)21(25)27-6-2/h7-10,12H,5-6,11,13H2,1-4H3,(H,22,24). The maximum atomic E-state index is 12.4. The van der Waals surface area contributed by atoms with E-state index in [0.29, 0.717) is 35.9 Å². The summed E-state index contributed by atoms with van der Waals surface area (Å²) in [5.74, 6) is 0.514. The number of nitrogens with zero attached hydrogens (tertiary/aromatic N) is 1. The largest absolute Gasteiger partial charge is 0.493 e. The molecule has 28 heavy (non-hydrogen) atoms. The number of esters is 1. The molecule has 1 heterocycles. The summed E-state index contributed by atoms with van der Waals surface area (Å²) >= 11 is 0. The predicted molar refractivity (Wildman–Crippen MR) is 105 cm³/mol. The fraction of sp³-hybridized carbons (Fsp3) is 0.381. The molecule has 0 fully saturated rings. The maximum Gasteiger partial charge on any atom is 0.339 e. The molecule has 0 saturated heterocycles. The van der Waals surface area contributed by atoms with Crippen LogP contribution in [0.5, 0.6) is 11.5 Å². The average molecular weight is 386 g/mol. The predicted octanol–water partition coefficient (Wildman–Crippen LogP) is 3.29. The van der Waals surface area contributed by atoms with Crippen molar-refractivity contribution in [1.82, 2.24) is 10.3 Å². The molecular weight excluding hydrogens is 360 g/mol. The van der Waals surface area contributed by atoms with Gasteiger partial charge in [0, 0.05) is 6.54 Å².